The van der Waals surface area contributed by atoms with E-state index >= 15 is 0 Å². The third-order valence-corrected chi connectivity index (χ3v) is 3.59. The predicted molar refractivity (Wildman–Crippen MR) is 93.8 cm³/mol. The van der Waals surface area contributed by atoms with Crippen LogP contribution >= 0.6 is 22.6 Å². The molecule has 2 rings (SSSR count). The quantitative estimate of drug-likeness (QED) is 0.340. The third-order valence-electron chi connectivity index (χ3n) is 2.87. The van der Waals surface area contributed by atoms with Crippen LogP contribution in [0.1, 0.15) is 5.56 Å². The van der Waals surface area contributed by atoms with E-state index in [-0.39, 0.29) is 10.6 Å². The van der Waals surface area contributed by atoms with Gasteiger partial charge in [0.15, 0.2) is 0 Å². The van der Waals surface area contributed by atoms with Gasteiger partial charge in [-0.3, -0.25) is 15.1 Å². The monoisotopic (exact) mass is 395 g/mol. The van der Waals surface area contributed by atoms with Crippen molar-refractivity contribution < 1.29 is 4.92 Å². The van der Waals surface area contributed by atoms with Crippen molar-refractivity contribution in [3.63, 3.8) is 0 Å². The van der Waals surface area contributed by atoms with Gasteiger partial charge in [0.05, 0.1) is 10.6 Å². The lowest BCUT2D eigenvalue weighted by Gasteiger charge is -2.12. The molecule has 0 fully saturated rings. The summed E-state index contributed by atoms with van der Waals surface area (Å²) in [7, 11) is 3.56. The number of benzene rings is 2. The lowest BCUT2D eigenvalue weighted by atomic mass is 10.1. The molecule has 0 aliphatic carbocycles. The molecule has 0 spiro atoms. The lowest BCUT2D eigenvalue weighted by Crippen LogP contribution is -2.11. The minimum absolute atomic E-state index is 0.0755. The SMILES string of the molecule is CN(C)c1ccc(C=Nc2ccc(I)cc2)cc1[N+](=O)[O-]. The van der Waals surface area contributed by atoms with Crippen LogP contribution in [-0.4, -0.2) is 25.2 Å². The largest absolute Gasteiger partial charge is 0.372 e. The van der Waals surface area contributed by atoms with Crippen molar-refractivity contribution in [3.8, 4) is 0 Å². The first-order chi connectivity index (χ1) is 9.97. The molecule has 21 heavy (non-hydrogen) atoms. The van der Waals surface area contributed by atoms with Crippen LogP contribution in [0.2, 0.25) is 0 Å². The van der Waals surface area contributed by atoms with Gasteiger partial charge in [-0.25, -0.2) is 0 Å². The number of nitrogens with zero attached hydrogens (tertiary/aromatic N) is 3. The second-order valence-electron chi connectivity index (χ2n) is 4.63. The number of anilines is 1. The van der Waals surface area contributed by atoms with Gasteiger partial charge < -0.3 is 4.90 Å². The third kappa shape index (κ3) is 4.01. The number of rotatable bonds is 4. The smallest absolute Gasteiger partial charge is 0.293 e. The van der Waals surface area contributed by atoms with Crippen molar-refractivity contribution in [2.45, 2.75) is 0 Å². The molecule has 0 aliphatic heterocycles. The first kappa shape index (κ1) is 15.4. The number of nitro groups is 1. The molecule has 2 aromatic carbocycles. The molecule has 0 amide bonds. The molecule has 2 aromatic rings. The molecule has 5 nitrogen and oxygen atoms in total. The number of hydrogen-bond donors (Lipinski definition) is 0. The summed E-state index contributed by atoms with van der Waals surface area (Å²) in [6.07, 6.45) is 1.63. The Labute approximate surface area is 136 Å². The van der Waals surface area contributed by atoms with E-state index in [2.05, 4.69) is 27.6 Å². The highest BCUT2D eigenvalue weighted by atomic mass is 127. The molecule has 0 bridgehead atoms. The van der Waals surface area contributed by atoms with Gasteiger partial charge in [-0.05, 0) is 58.5 Å². The molecule has 0 aliphatic rings. The molecule has 0 heterocycles. The van der Waals surface area contributed by atoms with E-state index in [1.807, 2.05) is 30.3 Å². The van der Waals surface area contributed by atoms with Gasteiger partial charge in [0, 0.05) is 29.9 Å². The standard InChI is InChI=1S/C15H14IN3O2/c1-18(2)14-8-3-11(9-15(14)19(20)21)10-17-13-6-4-12(16)5-7-13/h3-10H,1-2H3. The molecule has 0 saturated heterocycles. The van der Waals surface area contributed by atoms with Gasteiger partial charge in [0.2, 0.25) is 0 Å². The van der Waals surface area contributed by atoms with Crippen LogP contribution in [0.15, 0.2) is 47.5 Å². The molecular weight excluding hydrogens is 381 g/mol. The van der Waals surface area contributed by atoms with Crippen LogP contribution in [0.4, 0.5) is 17.1 Å². The number of halogens is 1. The molecule has 0 N–H and O–H groups in total. The van der Waals surface area contributed by atoms with Crippen molar-refractivity contribution >= 4 is 45.9 Å². The Morgan fingerprint density at radius 2 is 1.86 bits per heavy atom. The summed E-state index contributed by atoms with van der Waals surface area (Å²) >= 11 is 2.23. The van der Waals surface area contributed by atoms with Crippen molar-refractivity contribution in [2.75, 3.05) is 19.0 Å². The predicted octanol–water partition coefficient (Wildman–Crippen LogP) is 4.02. The van der Waals surface area contributed by atoms with Crippen molar-refractivity contribution in [1.82, 2.24) is 0 Å². The Bertz CT molecular complexity index is 682. The summed E-state index contributed by atoms with van der Waals surface area (Å²) < 4.78 is 1.14. The van der Waals surface area contributed by atoms with Crippen molar-refractivity contribution in [2.24, 2.45) is 4.99 Å². The molecule has 0 unspecified atom stereocenters. The average Bonchev–Trinajstić information content (AvgIpc) is 2.46. The molecule has 0 saturated carbocycles. The second-order valence-corrected chi connectivity index (χ2v) is 5.88. The van der Waals surface area contributed by atoms with E-state index < -0.39 is 0 Å². The fourth-order valence-electron chi connectivity index (χ4n) is 1.82. The average molecular weight is 395 g/mol. The molecule has 0 atom stereocenters. The number of hydrogen-bond acceptors (Lipinski definition) is 4. The summed E-state index contributed by atoms with van der Waals surface area (Å²) in [5.41, 5.74) is 2.17. The Balaban J connectivity index is 2.30. The minimum atomic E-state index is -0.377. The zero-order chi connectivity index (χ0) is 15.4. The van der Waals surface area contributed by atoms with E-state index in [4.69, 9.17) is 0 Å². The summed E-state index contributed by atoms with van der Waals surface area (Å²) in [5, 5.41) is 11.1. The summed E-state index contributed by atoms with van der Waals surface area (Å²) in [6.45, 7) is 0. The molecular formula is C15H14IN3O2. The van der Waals surface area contributed by atoms with Crippen LogP contribution in [0.25, 0.3) is 0 Å². The van der Waals surface area contributed by atoms with E-state index in [0.717, 1.165) is 9.26 Å². The Morgan fingerprint density at radius 1 is 1.19 bits per heavy atom. The highest BCUT2D eigenvalue weighted by molar-refractivity contribution is 14.1. The molecule has 6 heteroatoms. The first-order valence-corrected chi connectivity index (χ1v) is 7.30. The number of nitro benzene ring substituents is 1. The van der Waals surface area contributed by atoms with Crippen molar-refractivity contribution in [1.29, 1.82) is 0 Å². The molecule has 0 aromatic heterocycles. The Kier molecular flexibility index (Phi) is 4.89. The van der Waals surface area contributed by atoms with E-state index in [9.17, 15) is 10.1 Å². The van der Waals surface area contributed by atoms with Crippen LogP contribution in [0, 0.1) is 13.7 Å². The summed E-state index contributed by atoms with van der Waals surface area (Å²) in [5.74, 6) is 0. The molecule has 108 valence electrons. The van der Waals surface area contributed by atoms with Crippen LogP contribution in [-0.2, 0) is 0 Å². The minimum Gasteiger partial charge on any atom is -0.372 e. The van der Waals surface area contributed by atoms with E-state index in [1.54, 1.807) is 31.3 Å². The van der Waals surface area contributed by atoms with Gasteiger partial charge in [-0.2, -0.15) is 0 Å². The molecule has 0 radical (unpaired) electrons. The maximum Gasteiger partial charge on any atom is 0.293 e. The van der Waals surface area contributed by atoms with Gasteiger partial charge >= 0.3 is 0 Å². The Morgan fingerprint density at radius 3 is 2.43 bits per heavy atom. The second kappa shape index (κ2) is 6.66. The van der Waals surface area contributed by atoms with Gasteiger partial charge in [-0.15, -0.1) is 0 Å². The van der Waals surface area contributed by atoms with Gasteiger partial charge in [0.25, 0.3) is 5.69 Å². The summed E-state index contributed by atoms with van der Waals surface area (Å²) in [4.78, 5) is 16.8. The zero-order valence-corrected chi connectivity index (χ0v) is 13.8. The van der Waals surface area contributed by atoms with Gasteiger partial charge in [-0.1, -0.05) is 6.07 Å². The highest BCUT2D eigenvalue weighted by Gasteiger charge is 2.15. The number of aliphatic imine (C=N–C) groups is 1. The topological polar surface area (TPSA) is 58.7 Å². The zero-order valence-electron chi connectivity index (χ0n) is 11.7. The van der Waals surface area contributed by atoms with Gasteiger partial charge in [0.1, 0.15) is 5.69 Å². The maximum absolute atomic E-state index is 11.1. The van der Waals surface area contributed by atoms with Crippen LogP contribution in [0.5, 0.6) is 0 Å². The van der Waals surface area contributed by atoms with Crippen molar-refractivity contribution in [3.05, 3.63) is 61.7 Å². The van der Waals surface area contributed by atoms with Crippen LogP contribution in [0.3, 0.4) is 0 Å². The normalized spacial score (nSPS) is 10.8. The fraction of sp³-hybridized carbons (Fsp3) is 0.133. The first-order valence-electron chi connectivity index (χ1n) is 6.23. The van der Waals surface area contributed by atoms with Crippen LogP contribution < -0.4 is 4.90 Å². The lowest BCUT2D eigenvalue weighted by molar-refractivity contribution is -0.384. The highest BCUT2D eigenvalue weighted by Crippen LogP contribution is 2.27. The fourth-order valence-corrected chi connectivity index (χ4v) is 2.18. The van der Waals surface area contributed by atoms with E-state index in [1.165, 1.54) is 6.07 Å². The maximum atomic E-state index is 11.1. The summed E-state index contributed by atoms with van der Waals surface area (Å²) in [6, 6.07) is 12.8. The van der Waals surface area contributed by atoms with E-state index in [0.29, 0.717) is 11.3 Å². The Hall–Kier alpha value is -1.96.